The molecular formula is C37H45N5O10. The van der Waals surface area contributed by atoms with Crippen LogP contribution in [-0.4, -0.2) is 73.8 Å². The van der Waals surface area contributed by atoms with Crippen molar-refractivity contribution >= 4 is 46.7 Å². The second kappa shape index (κ2) is 20.7. The summed E-state index contributed by atoms with van der Waals surface area (Å²) in [6.07, 6.45) is 2.54. The van der Waals surface area contributed by atoms with Gasteiger partial charge in [-0.1, -0.05) is 12.7 Å². The highest BCUT2D eigenvalue weighted by molar-refractivity contribution is 6.08. The molecule has 0 saturated heterocycles. The summed E-state index contributed by atoms with van der Waals surface area (Å²) in [5.74, 6) is -2.55. The predicted octanol–water partition coefficient (Wildman–Crippen LogP) is 4.58. The molecule has 0 aliphatic carbocycles. The third kappa shape index (κ3) is 12.8. The molecule has 0 unspecified atom stereocenters. The fourth-order valence-corrected chi connectivity index (χ4v) is 4.52. The Morgan fingerprint density at radius 3 is 1.79 bits per heavy atom. The summed E-state index contributed by atoms with van der Waals surface area (Å²) in [6, 6.07) is 13.3. The fraction of sp³-hybridized carbons (Fsp3) is 0.324. The number of amides is 3. The van der Waals surface area contributed by atoms with Crippen LogP contribution in [0.15, 0.2) is 67.3 Å². The molecule has 3 rings (SSSR count). The number of carboxylic acids is 1. The summed E-state index contributed by atoms with van der Waals surface area (Å²) in [5, 5.41) is 17.3. The van der Waals surface area contributed by atoms with Crippen molar-refractivity contribution in [3.05, 3.63) is 83.9 Å². The van der Waals surface area contributed by atoms with E-state index in [-0.39, 0.29) is 90.6 Å². The SMILES string of the molecule is C=CCOC(=O)c1ccc(NC(=O)c2ccc(NC(=O)c3ccc(NC(=O)CN)c(OC(C)C)c3)c(OCCCC(=O)O)c2)c(OCCCCN)c1. The van der Waals surface area contributed by atoms with Gasteiger partial charge in [0.25, 0.3) is 11.8 Å². The molecule has 3 aromatic rings. The molecule has 8 N–H and O–H groups in total. The van der Waals surface area contributed by atoms with E-state index in [1.807, 2.05) is 0 Å². The normalized spacial score (nSPS) is 10.6. The average Bonchev–Trinajstić information content (AvgIpc) is 3.12. The van der Waals surface area contributed by atoms with Crippen molar-refractivity contribution in [2.45, 2.75) is 45.6 Å². The number of benzene rings is 3. The molecule has 15 heteroatoms. The number of esters is 1. The van der Waals surface area contributed by atoms with Gasteiger partial charge in [-0.05, 0) is 94.3 Å². The van der Waals surface area contributed by atoms with E-state index < -0.39 is 29.7 Å². The molecule has 0 atom stereocenters. The highest BCUT2D eigenvalue weighted by Gasteiger charge is 2.19. The van der Waals surface area contributed by atoms with Gasteiger partial charge in [0.1, 0.15) is 23.9 Å². The van der Waals surface area contributed by atoms with Gasteiger partial charge in [0.15, 0.2) is 0 Å². The molecule has 0 bridgehead atoms. The topological polar surface area (TPSA) is 231 Å². The molecule has 0 aliphatic rings. The average molecular weight is 720 g/mol. The second-order valence-corrected chi connectivity index (χ2v) is 11.5. The van der Waals surface area contributed by atoms with Gasteiger partial charge in [-0.15, -0.1) is 0 Å². The van der Waals surface area contributed by atoms with Crippen molar-refractivity contribution in [3.63, 3.8) is 0 Å². The third-order valence-corrected chi connectivity index (χ3v) is 7.00. The van der Waals surface area contributed by atoms with Crippen LogP contribution >= 0.6 is 0 Å². The highest BCUT2D eigenvalue weighted by atomic mass is 16.5. The minimum atomic E-state index is -1.00. The minimum Gasteiger partial charge on any atom is -0.491 e. The number of anilines is 3. The van der Waals surface area contributed by atoms with Gasteiger partial charge in [-0.2, -0.15) is 0 Å². The summed E-state index contributed by atoms with van der Waals surface area (Å²) in [6.45, 7) is 7.65. The van der Waals surface area contributed by atoms with Crippen LogP contribution in [0.1, 0.15) is 70.6 Å². The molecular weight excluding hydrogens is 674 g/mol. The number of aliphatic carboxylic acids is 1. The molecule has 0 saturated carbocycles. The Kier molecular flexibility index (Phi) is 16.1. The van der Waals surface area contributed by atoms with Crippen molar-refractivity contribution in [1.29, 1.82) is 0 Å². The number of unbranched alkanes of at least 4 members (excludes halogenated alkanes) is 1. The van der Waals surface area contributed by atoms with E-state index in [1.165, 1.54) is 60.7 Å². The zero-order valence-corrected chi connectivity index (χ0v) is 29.2. The molecule has 0 fully saturated rings. The zero-order chi connectivity index (χ0) is 38.0. The van der Waals surface area contributed by atoms with Gasteiger partial charge in [-0.3, -0.25) is 19.2 Å². The maximum atomic E-state index is 13.5. The Morgan fingerprint density at radius 1 is 0.750 bits per heavy atom. The quantitative estimate of drug-likeness (QED) is 0.0505. The molecule has 3 aromatic carbocycles. The van der Waals surface area contributed by atoms with Crippen molar-refractivity contribution in [2.75, 3.05) is 48.9 Å². The molecule has 0 aromatic heterocycles. The van der Waals surface area contributed by atoms with Gasteiger partial charge in [0.05, 0.1) is 48.5 Å². The van der Waals surface area contributed by atoms with Crippen molar-refractivity contribution in [3.8, 4) is 17.2 Å². The van der Waals surface area contributed by atoms with Crippen LogP contribution in [-0.2, 0) is 14.3 Å². The van der Waals surface area contributed by atoms with E-state index in [4.69, 9.17) is 35.5 Å². The lowest BCUT2D eigenvalue weighted by molar-refractivity contribution is -0.137. The van der Waals surface area contributed by atoms with Crippen LogP contribution in [0.2, 0.25) is 0 Å². The summed E-state index contributed by atoms with van der Waals surface area (Å²) in [4.78, 5) is 62.4. The Morgan fingerprint density at radius 2 is 1.27 bits per heavy atom. The summed E-state index contributed by atoms with van der Waals surface area (Å²) in [5.41, 5.74) is 12.4. The Balaban J connectivity index is 1.90. The number of carbonyl (C=O) groups is 5. The van der Waals surface area contributed by atoms with E-state index >= 15 is 0 Å². The predicted molar refractivity (Wildman–Crippen MR) is 195 cm³/mol. The maximum absolute atomic E-state index is 13.5. The molecule has 0 radical (unpaired) electrons. The number of carbonyl (C=O) groups excluding carboxylic acids is 4. The molecule has 278 valence electrons. The van der Waals surface area contributed by atoms with Gasteiger partial charge >= 0.3 is 11.9 Å². The standard InChI is InChI=1S/C37H45N5O10/c1-4-16-51-37(48)26-11-14-28(31(21-26)49-17-6-5-15-38)42-35(46)24-9-12-27(30(19-24)50-18-7-8-34(44)45)41-36(47)25-10-13-29(40-33(43)22-39)32(20-25)52-23(2)3/h4,9-14,19-21,23H,1,5-8,15-18,22,38-39H2,2-3H3,(H,40,43)(H,41,47)(H,42,46)(H,44,45). The molecule has 0 spiro atoms. The van der Waals surface area contributed by atoms with Crippen molar-refractivity contribution < 1.29 is 48.0 Å². The van der Waals surface area contributed by atoms with Crippen LogP contribution in [0, 0.1) is 0 Å². The monoisotopic (exact) mass is 719 g/mol. The molecule has 15 nitrogen and oxygen atoms in total. The molecule has 0 aliphatic heterocycles. The Hall–Kier alpha value is -5.93. The van der Waals surface area contributed by atoms with Crippen molar-refractivity contribution in [1.82, 2.24) is 0 Å². The van der Waals surface area contributed by atoms with Gasteiger partial charge < -0.3 is 51.5 Å². The lowest BCUT2D eigenvalue weighted by Gasteiger charge is -2.17. The van der Waals surface area contributed by atoms with E-state index in [9.17, 15) is 24.0 Å². The van der Waals surface area contributed by atoms with E-state index in [2.05, 4.69) is 22.5 Å². The maximum Gasteiger partial charge on any atom is 0.338 e. The largest absolute Gasteiger partial charge is 0.491 e. The number of nitrogens with two attached hydrogens (primary N) is 2. The van der Waals surface area contributed by atoms with Crippen LogP contribution in [0.3, 0.4) is 0 Å². The smallest absolute Gasteiger partial charge is 0.338 e. The van der Waals surface area contributed by atoms with Crippen LogP contribution in [0.25, 0.3) is 0 Å². The lowest BCUT2D eigenvalue weighted by atomic mass is 10.1. The molecule has 0 heterocycles. The number of rotatable bonds is 21. The van der Waals surface area contributed by atoms with E-state index in [1.54, 1.807) is 13.8 Å². The summed E-state index contributed by atoms with van der Waals surface area (Å²) < 4.78 is 22.7. The van der Waals surface area contributed by atoms with Gasteiger partial charge in [-0.25, -0.2) is 4.79 Å². The minimum absolute atomic E-state index is 0.0215. The first-order valence-corrected chi connectivity index (χ1v) is 16.6. The zero-order valence-electron chi connectivity index (χ0n) is 29.2. The Bertz CT molecular complexity index is 1740. The number of hydrogen-bond donors (Lipinski definition) is 6. The number of hydrogen-bond acceptors (Lipinski definition) is 11. The van der Waals surface area contributed by atoms with Crippen LogP contribution < -0.4 is 41.6 Å². The van der Waals surface area contributed by atoms with Crippen molar-refractivity contribution in [2.24, 2.45) is 11.5 Å². The third-order valence-electron chi connectivity index (χ3n) is 7.00. The lowest BCUT2D eigenvalue weighted by Crippen LogP contribution is -2.23. The van der Waals surface area contributed by atoms with E-state index in [0.29, 0.717) is 25.1 Å². The molecule has 52 heavy (non-hydrogen) atoms. The van der Waals surface area contributed by atoms with Gasteiger partial charge in [0.2, 0.25) is 5.91 Å². The second-order valence-electron chi connectivity index (χ2n) is 11.5. The summed E-state index contributed by atoms with van der Waals surface area (Å²) in [7, 11) is 0. The first-order chi connectivity index (χ1) is 24.9. The molecule has 3 amide bonds. The van der Waals surface area contributed by atoms with Crippen LogP contribution in [0.5, 0.6) is 17.2 Å². The summed E-state index contributed by atoms with van der Waals surface area (Å²) >= 11 is 0. The Labute approximate surface area is 301 Å². The fourth-order valence-electron chi connectivity index (χ4n) is 4.52. The first-order valence-electron chi connectivity index (χ1n) is 16.6. The first kappa shape index (κ1) is 40.5. The number of ether oxygens (including phenoxy) is 4. The van der Waals surface area contributed by atoms with E-state index in [0.717, 1.165) is 0 Å². The number of nitrogens with one attached hydrogen (secondary N) is 3. The highest BCUT2D eigenvalue weighted by Crippen LogP contribution is 2.32. The van der Waals surface area contributed by atoms with Crippen LogP contribution in [0.4, 0.5) is 17.1 Å². The van der Waals surface area contributed by atoms with Gasteiger partial charge in [0, 0.05) is 17.5 Å². The number of carboxylic acid groups (broad SMARTS) is 1.